The van der Waals surface area contributed by atoms with Crippen molar-refractivity contribution in [3.05, 3.63) is 59.2 Å². The lowest BCUT2D eigenvalue weighted by Gasteiger charge is -2.24. The molecule has 0 spiro atoms. The van der Waals surface area contributed by atoms with Crippen LogP contribution in [0.5, 0.6) is 11.5 Å². The van der Waals surface area contributed by atoms with E-state index in [9.17, 15) is 14.0 Å². The van der Waals surface area contributed by atoms with E-state index >= 15 is 0 Å². The molecule has 10 heteroatoms. The number of halogens is 1. The minimum atomic E-state index is -0.711. The van der Waals surface area contributed by atoms with Crippen molar-refractivity contribution in [2.45, 2.75) is 4.90 Å². The molecule has 0 radical (unpaired) electrons. The van der Waals surface area contributed by atoms with E-state index in [1.807, 2.05) is 0 Å². The van der Waals surface area contributed by atoms with E-state index in [0.29, 0.717) is 67.1 Å². The Morgan fingerprint density at radius 3 is 2.33 bits per heavy atom. The molecule has 2 amide bonds. The summed E-state index contributed by atoms with van der Waals surface area (Å²) in [6.07, 6.45) is 2.11. The molecule has 0 bridgehead atoms. The number of carbonyl (C=O) groups is 2. The van der Waals surface area contributed by atoms with Crippen LogP contribution in [-0.4, -0.2) is 52.0 Å². The SMILES string of the molecule is NC(=O)c1ccc(SC2=C=CN(C=O)c3cc4c(cc32)OCCOCCOCCO4)c(F)c1. The number of rotatable bonds is 4. The van der Waals surface area contributed by atoms with Gasteiger partial charge >= 0.3 is 0 Å². The topological polar surface area (TPSA) is 100 Å². The molecule has 2 aromatic carbocycles. The first-order valence-electron chi connectivity index (χ1n) is 10.1. The Labute approximate surface area is 193 Å². The summed E-state index contributed by atoms with van der Waals surface area (Å²) in [7, 11) is 0. The van der Waals surface area contributed by atoms with Crippen LogP contribution in [0.3, 0.4) is 0 Å². The van der Waals surface area contributed by atoms with Gasteiger partial charge in [-0.1, -0.05) is 17.5 Å². The highest BCUT2D eigenvalue weighted by Gasteiger charge is 2.23. The van der Waals surface area contributed by atoms with E-state index in [1.165, 1.54) is 23.2 Å². The van der Waals surface area contributed by atoms with Gasteiger partial charge in [-0.15, -0.1) is 0 Å². The number of carbonyl (C=O) groups excluding carboxylic acids is 2. The minimum Gasteiger partial charge on any atom is -0.487 e. The average Bonchev–Trinajstić information content (AvgIpc) is 2.80. The number of thioether (sulfide) groups is 1. The van der Waals surface area contributed by atoms with Crippen LogP contribution in [-0.2, 0) is 14.3 Å². The number of ether oxygens (including phenoxy) is 4. The van der Waals surface area contributed by atoms with Crippen molar-refractivity contribution < 1.29 is 32.9 Å². The Bertz CT molecular complexity index is 1130. The van der Waals surface area contributed by atoms with Gasteiger partial charge in [-0.25, -0.2) is 4.39 Å². The summed E-state index contributed by atoms with van der Waals surface area (Å²) in [4.78, 5) is 25.1. The second kappa shape index (κ2) is 10.5. The third-order valence-corrected chi connectivity index (χ3v) is 5.90. The molecule has 2 aromatic rings. The van der Waals surface area contributed by atoms with Crippen molar-refractivity contribution in [2.75, 3.05) is 44.5 Å². The zero-order chi connectivity index (χ0) is 23.2. The second-order valence-electron chi connectivity index (χ2n) is 6.96. The van der Waals surface area contributed by atoms with Crippen LogP contribution in [0.2, 0.25) is 0 Å². The Kier molecular flexibility index (Phi) is 7.31. The summed E-state index contributed by atoms with van der Waals surface area (Å²) in [6, 6.07) is 7.44. The van der Waals surface area contributed by atoms with Crippen LogP contribution in [0, 0.1) is 5.82 Å². The fraction of sp³-hybridized carbons (Fsp3) is 0.261. The Morgan fingerprint density at radius 2 is 1.70 bits per heavy atom. The summed E-state index contributed by atoms with van der Waals surface area (Å²) in [5.41, 5.74) is 9.46. The van der Waals surface area contributed by atoms with Crippen molar-refractivity contribution in [2.24, 2.45) is 5.73 Å². The lowest BCUT2D eigenvalue weighted by molar-refractivity contribution is -0.106. The molecule has 0 unspecified atom stereocenters. The van der Waals surface area contributed by atoms with E-state index in [0.717, 1.165) is 17.8 Å². The molecule has 0 saturated heterocycles. The molecular formula is C23H21FN2O6S. The summed E-state index contributed by atoms with van der Waals surface area (Å²) in [6.45, 7) is 2.25. The molecule has 0 aliphatic carbocycles. The van der Waals surface area contributed by atoms with E-state index in [2.05, 4.69) is 5.73 Å². The molecule has 0 atom stereocenters. The first-order valence-corrected chi connectivity index (χ1v) is 11.0. The standard InChI is InChI=1S/C23H21FN2O6S/c24-17-11-15(23(25)28)1-2-22(17)33-21-3-4-26(14-27)18-13-20-19(12-16(18)21)31-9-7-29-5-6-30-8-10-32-20/h1-2,4,11-14H,5-10H2,(H2,25,28). The quantitative estimate of drug-likeness (QED) is 0.539. The van der Waals surface area contributed by atoms with Crippen molar-refractivity contribution in [1.29, 1.82) is 0 Å². The van der Waals surface area contributed by atoms with E-state index in [1.54, 1.807) is 12.1 Å². The number of benzene rings is 2. The number of hydrogen-bond donors (Lipinski definition) is 1. The molecule has 0 saturated carbocycles. The van der Waals surface area contributed by atoms with Crippen LogP contribution in [0.15, 0.2) is 47.2 Å². The normalized spacial score (nSPS) is 16.2. The molecule has 33 heavy (non-hydrogen) atoms. The lowest BCUT2D eigenvalue weighted by Crippen LogP contribution is -2.18. The Hall–Kier alpha value is -3.30. The molecule has 0 aromatic heterocycles. The van der Waals surface area contributed by atoms with Gasteiger partial charge < -0.3 is 24.7 Å². The van der Waals surface area contributed by atoms with Crippen molar-refractivity contribution in [3.8, 4) is 11.5 Å². The lowest BCUT2D eigenvalue weighted by atomic mass is 10.1. The number of nitrogens with two attached hydrogens (primary N) is 1. The van der Waals surface area contributed by atoms with Gasteiger partial charge in [0.2, 0.25) is 12.3 Å². The van der Waals surface area contributed by atoms with Gasteiger partial charge in [-0.2, -0.15) is 0 Å². The maximum Gasteiger partial charge on any atom is 0.248 e. The van der Waals surface area contributed by atoms with Gasteiger partial charge in [0.05, 0.1) is 43.2 Å². The van der Waals surface area contributed by atoms with Crippen LogP contribution in [0.1, 0.15) is 15.9 Å². The summed E-state index contributed by atoms with van der Waals surface area (Å²) < 4.78 is 37.2. The van der Waals surface area contributed by atoms with Crippen LogP contribution in [0.25, 0.3) is 4.91 Å². The highest BCUT2D eigenvalue weighted by atomic mass is 32.2. The third kappa shape index (κ3) is 5.37. The van der Waals surface area contributed by atoms with E-state index < -0.39 is 11.7 Å². The molecule has 0 fully saturated rings. The monoisotopic (exact) mass is 472 g/mol. The second-order valence-corrected chi connectivity index (χ2v) is 8.02. The molecule has 172 valence electrons. The van der Waals surface area contributed by atoms with Gasteiger partial charge in [-0.3, -0.25) is 14.5 Å². The molecule has 2 N–H and O–H groups in total. The molecular weight excluding hydrogens is 451 g/mol. The zero-order valence-electron chi connectivity index (χ0n) is 17.5. The van der Waals surface area contributed by atoms with Gasteiger partial charge in [0.15, 0.2) is 11.5 Å². The molecule has 2 aliphatic rings. The molecule has 8 nitrogen and oxygen atoms in total. The smallest absolute Gasteiger partial charge is 0.248 e. The minimum absolute atomic E-state index is 0.0781. The van der Waals surface area contributed by atoms with Crippen LogP contribution < -0.4 is 20.1 Å². The van der Waals surface area contributed by atoms with Gasteiger partial charge in [0.1, 0.15) is 19.0 Å². The fourth-order valence-electron chi connectivity index (χ4n) is 3.21. The van der Waals surface area contributed by atoms with Crippen LogP contribution >= 0.6 is 11.8 Å². The summed E-state index contributed by atoms with van der Waals surface area (Å²) >= 11 is 1.10. The maximum absolute atomic E-state index is 14.6. The first-order chi connectivity index (χ1) is 16.1. The number of amides is 2. The summed E-state index contributed by atoms with van der Waals surface area (Å²) in [5.74, 6) is -0.401. The highest BCUT2D eigenvalue weighted by molar-refractivity contribution is 8.08. The number of nitrogens with zero attached hydrogens (tertiary/aromatic N) is 1. The van der Waals surface area contributed by atoms with Gasteiger partial charge in [0.25, 0.3) is 0 Å². The van der Waals surface area contributed by atoms with Crippen molar-refractivity contribution in [1.82, 2.24) is 0 Å². The zero-order valence-corrected chi connectivity index (χ0v) is 18.4. The number of hydrogen-bond acceptors (Lipinski definition) is 7. The van der Waals surface area contributed by atoms with Gasteiger partial charge in [-0.05, 0) is 24.3 Å². The number of primary amides is 1. The van der Waals surface area contributed by atoms with Crippen molar-refractivity contribution >= 4 is 34.7 Å². The third-order valence-electron chi connectivity index (χ3n) is 4.80. The highest BCUT2D eigenvalue weighted by Crippen LogP contribution is 2.45. The molecule has 2 heterocycles. The maximum atomic E-state index is 14.6. The Morgan fingerprint density at radius 1 is 1.03 bits per heavy atom. The number of anilines is 1. The fourth-order valence-corrected chi connectivity index (χ4v) is 4.10. The largest absolute Gasteiger partial charge is 0.487 e. The predicted octanol–water partition coefficient (Wildman–Crippen LogP) is 2.95. The molecule has 2 aliphatic heterocycles. The van der Waals surface area contributed by atoms with Crippen LogP contribution in [0.4, 0.5) is 10.1 Å². The molecule has 4 rings (SSSR count). The Balaban J connectivity index is 1.69. The van der Waals surface area contributed by atoms with Gasteiger partial charge in [0, 0.05) is 22.1 Å². The van der Waals surface area contributed by atoms with E-state index in [4.69, 9.17) is 24.7 Å². The summed E-state index contributed by atoms with van der Waals surface area (Å²) in [5, 5.41) is 0. The van der Waals surface area contributed by atoms with E-state index in [-0.39, 0.29) is 17.1 Å². The van der Waals surface area contributed by atoms with Crippen molar-refractivity contribution in [3.63, 3.8) is 0 Å². The number of fused-ring (bicyclic) bond motifs is 2. The predicted molar refractivity (Wildman–Crippen MR) is 120 cm³/mol. The first kappa shape index (κ1) is 22.9. The average molecular weight is 472 g/mol.